The van der Waals surface area contributed by atoms with E-state index in [1.807, 2.05) is 30.3 Å². The molecule has 0 spiro atoms. The van der Waals surface area contributed by atoms with Crippen LogP contribution in [0.3, 0.4) is 0 Å². The van der Waals surface area contributed by atoms with Gasteiger partial charge in [0.15, 0.2) is 0 Å². The van der Waals surface area contributed by atoms with Crippen molar-refractivity contribution in [2.45, 2.75) is 78.2 Å². The Labute approximate surface area is 207 Å². The standard InChI is InChI=1S/C25H39N3O7/c1-17(2)20(28-24(32)35-25(3,4)5)21(29)27-19(22(30)33-6)14-10-11-15-26-23(31)34-16-18-12-8-7-9-13-18/h7-9,12-13,17,19-20H,10-11,14-16H2,1-6H3,(H,26,31)(H,27,29)(H,28,32)/t19-,20-/m0/s1. The highest BCUT2D eigenvalue weighted by molar-refractivity contribution is 5.89. The van der Waals surface area contributed by atoms with Crippen molar-refractivity contribution in [1.82, 2.24) is 16.0 Å². The summed E-state index contributed by atoms with van der Waals surface area (Å²) in [6, 6.07) is 7.56. The number of alkyl carbamates (subject to hydrolysis) is 2. The van der Waals surface area contributed by atoms with E-state index in [9.17, 15) is 19.2 Å². The number of ether oxygens (including phenoxy) is 3. The van der Waals surface area contributed by atoms with Gasteiger partial charge in [-0.05, 0) is 51.5 Å². The molecule has 0 unspecified atom stereocenters. The second kappa shape index (κ2) is 14.9. The third-order valence-electron chi connectivity index (χ3n) is 4.83. The molecule has 0 saturated heterocycles. The number of nitrogens with one attached hydrogen (secondary N) is 3. The quantitative estimate of drug-likeness (QED) is 0.231. The lowest BCUT2D eigenvalue weighted by atomic mass is 10.0. The van der Waals surface area contributed by atoms with Gasteiger partial charge in [0.25, 0.3) is 0 Å². The van der Waals surface area contributed by atoms with Gasteiger partial charge in [-0.25, -0.2) is 14.4 Å². The molecule has 1 aromatic rings. The smallest absolute Gasteiger partial charge is 0.408 e. The van der Waals surface area contributed by atoms with Gasteiger partial charge in [0, 0.05) is 6.54 Å². The van der Waals surface area contributed by atoms with Crippen LogP contribution in [0.1, 0.15) is 59.4 Å². The normalized spacial score (nSPS) is 12.8. The fourth-order valence-electron chi connectivity index (χ4n) is 3.06. The maximum absolute atomic E-state index is 12.8. The molecular weight excluding hydrogens is 454 g/mol. The van der Waals surface area contributed by atoms with Crippen LogP contribution >= 0.6 is 0 Å². The summed E-state index contributed by atoms with van der Waals surface area (Å²) in [5.41, 5.74) is 0.179. The van der Waals surface area contributed by atoms with Crippen LogP contribution in [0.15, 0.2) is 30.3 Å². The number of hydrogen-bond acceptors (Lipinski definition) is 7. The van der Waals surface area contributed by atoms with Crippen LogP contribution in [-0.4, -0.2) is 55.4 Å². The summed E-state index contributed by atoms with van der Waals surface area (Å²) in [5, 5.41) is 7.88. The number of amides is 3. The first-order valence-corrected chi connectivity index (χ1v) is 11.7. The molecule has 0 aliphatic heterocycles. The van der Waals surface area contributed by atoms with E-state index in [2.05, 4.69) is 16.0 Å². The molecule has 0 bridgehead atoms. The first-order valence-electron chi connectivity index (χ1n) is 11.7. The summed E-state index contributed by atoms with van der Waals surface area (Å²) in [6.45, 7) is 9.25. The molecule has 10 nitrogen and oxygen atoms in total. The highest BCUT2D eigenvalue weighted by Gasteiger charge is 2.30. The van der Waals surface area contributed by atoms with Gasteiger partial charge in [-0.2, -0.15) is 0 Å². The summed E-state index contributed by atoms with van der Waals surface area (Å²) in [4.78, 5) is 49.0. The minimum Gasteiger partial charge on any atom is -0.467 e. The number of carbonyl (C=O) groups is 4. The first-order chi connectivity index (χ1) is 16.4. The lowest BCUT2D eigenvalue weighted by Gasteiger charge is -2.26. The number of unbranched alkanes of at least 4 members (excludes halogenated alkanes) is 1. The SMILES string of the molecule is COC(=O)[C@H](CCCCNC(=O)OCc1ccccc1)NC(=O)[C@@H](NC(=O)OC(C)(C)C)C(C)C. The Morgan fingerprint density at radius 2 is 1.60 bits per heavy atom. The third-order valence-corrected chi connectivity index (χ3v) is 4.83. The minimum absolute atomic E-state index is 0.178. The van der Waals surface area contributed by atoms with E-state index < -0.39 is 41.7 Å². The second-order valence-electron chi connectivity index (χ2n) is 9.44. The Balaban J connectivity index is 2.49. The summed E-state index contributed by atoms with van der Waals surface area (Å²) in [5.74, 6) is -1.34. The van der Waals surface area contributed by atoms with Crippen molar-refractivity contribution in [2.75, 3.05) is 13.7 Å². The average Bonchev–Trinajstić information content (AvgIpc) is 2.78. The molecule has 196 valence electrons. The Hall–Kier alpha value is -3.30. The van der Waals surface area contributed by atoms with Crippen molar-refractivity contribution in [2.24, 2.45) is 5.92 Å². The molecule has 3 amide bonds. The Morgan fingerprint density at radius 3 is 2.17 bits per heavy atom. The van der Waals surface area contributed by atoms with Gasteiger partial charge in [0.05, 0.1) is 7.11 Å². The van der Waals surface area contributed by atoms with Crippen LogP contribution in [0.4, 0.5) is 9.59 Å². The van der Waals surface area contributed by atoms with E-state index in [1.54, 1.807) is 34.6 Å². The molecule has 3 N–H and O–H groups in total. The predicted octanol–water partition coefficient (Wildman–Crippen LogP) is 3.29. The number of benzene rings is 1. The summed E-state index contributed by atoms with van der Waals surface area (Å²) in [6.07, 6.45) is 0.153. The van der Waals surface area contributed by atoms with Crippen LogP contribution in [0.2, 0.25) is 0 Å². The number of hydrogen-bond donors (Lipinski definition) is 3. The van der Waals surface area contributed by atoms with E-state index in [-0.39, 0.29) is 12.5 Å². The maximum Gasteiger partial charge on any atom is 0.408 e. The van der Waals surface area contributed by atoms with Crippen molar-refractivity contribution in [3.63, 3.8) is 0 Å². The van der Waals surface area contributed by atoms with Crippen LogP contribution in [0, 0.1) is 5.92 Å². The van der Waals surface area contributed by atoms with Crippen molar-refractivity contribution >= 4 is 24.1 Å². The van der Waals surface area contributed by atoms with E-state index in [0.29, 0.717) is 25.8 Å². The van der Waals surface area contributed by atoms with Crippen molar-refractivity contribution < 1.29 is 33.4 Å². The van der Waals surface area contributed by atoms with Gasteiger partial charge < -0.3 is 30.2 Å². The molecule has 2 atom stereocenters. The van der Waals surface area contributed by atoms with Crippen LogP contribution < -0.4 is 16.0 Å². The lowest BCUT2D eigenvalue weighted by Crippen LogP contribution is -2.54. The fraction of sp³-hybridized carbons (Fsp3) is 0.600. The first kappa shape index (κ1) is 29.7. The molecule has 10 heteroatoms. The fourth-order valence-corrected chi connectivity index (χ4v) is 3.06. The second-order valence-corrected chi connectivity index (χ2v) is 9.44. The molecule has 0 radical (unpaired) electrons. The predicted molar refractivity (Wildman–Crippen MR) is 130 cm³/mol. The van der Waals surface area contributed by atoms with Gasteiger partial charge in [-0.15, -0.1) is 0 Å². The minimum atomic E-state index is -0.891. The monoisotopic (exact) mass is 493 g/mol. The number of methoxy groups -OCH3 is 1. The number of rotatable bonds is 12. The summed E-state index contributed by atoms with van der Waals surface area (Å²) in [7, 11) is 1.24. The molecular formula is C25H39N3O7. The third kappa shape index (κ3) is 12.7. The Morgan fingerprint density at radius 1 is 0.943 bits per heavy atom. The Kier molecular flexibility index (Phi) is 12.6. The zero-order chi connectivity index (χ0) is 26.4. The van der Waals surface area contributed by atoms with Gasteiger partial charge in [-0.3, -0.25) is 4.79 Å². The molecule has 35 heavy (non-hydrogen) atoms. The lowest BCUT2D eigenvalue weighted by molar-refractivity contribution is -0.145. The highest BCUT2D eigenvalue weighted by Crippen LogP contribution is 2.10. The molecule has 0 heterocycles. The zero-order valence-electron chi connectivity index (χ0n) is 21.5. The van der Waals surface area contributed by atoms with Gasteiger partial charge in [0.1, 0.15) is 24.3 Å². The molecule has 0 fully saturated rings. The molecule has 0 aromatic heterocycles. The van der Waals surface area contributed by atoms with E-state index in [0.717, 1.165) is 5.56 Å². The molecule has 0 aliphatic carbocycles. The molecule has 1 rings (SSSR count). The van der Waals surface area contributed by atoms with Gasteiger partial charge in [-0.1, -0.05) is 44.2 Å². The van der Waals surface area contributed by atoms with Gasteiger partial charge >= 0.3 is 18.2 Å². The topological polar surface area (TPSA) is 132 Å². The molecule has 0 saturated carbocycles. The van der Waals surface area contributed by atoms with Crippen molar-refractivity contribution in [3.05, 3.63) is 35.9 Å². The van der Waals surface area contributed by atoms with Gasteiger partial charge in [0.2, 0.25) is 5.91 Å². The largest absolute Gasteiger partial charge is 0.467 e. The highest BCUT2D eigenvalue weighted by atomic mass is 16.6. The van der Waals surface area contributed by atoms with Crippen molar-refractivity contribution in [3.8, 4) is 0 Å². The molecule has 1 aromatic carbocycles. The maximum atomic E-state index is 12.8. The van der Waals surface area contributed by atoms with E-state index in [4.69, 9.17) is 14.2 Å². The van der Waals surface area contributed by atoms with E-state index in [1.165, 1.54) is 7.11 Å². The van der Waals surface area contributed by atoms with Crippen molar-refractivity contribution in [1.29, 1.82) is 0 Å². The van der Waals surface area contributed by atoms with Crippen LogP contribution in [0.25, 0.3) is 0 Å². The van der Waals surface area contributed by atoms with E-state index >= 15 is 0 Å². The summed E-state index contributed by atoms with van der Waals surface area (Å²) < 4.78 is 15.2. The Bertz CT molecular complexity index is 822. The van der Waals surface area contributed by atoms with Crippen LogP contribution in [0.5, 0.6) is 0 Å². The summed E-state index contributed by atoms with van der Waals surface area (Å²) >= 11 is 0. The number of carbonyl (C=O) groups excluding carboxylic acids is 4. The molecule has 0 aliphatic rings. The zero-order valence-corrected chi connectivity index (χ0v) is 21.5. The van der Waals surface area contributed by atoms with Crippen LogP contribution in [-0.2, 0) is 30.4 Å². The number of esters is 1. The average molecular weight is 494 g/mol.